The molecule has 2 heterocycles. The number of nitrogens with zero attached hydrogens (tertiary/aromatic N) is 1. The molecule has 0 spiro atoms. The summed E-state index contributed by atoms with van der Waals surface area (Å²) in [6.45, 7) is 9.49. The standard InChI is InChI=1S/C38H54F2N4O6/c1-38(2,3)50-37(49)33(29-8-10-43-21-29)19-25-13-27(17-31(40)15-25)23-44(11-5-4-6-34(41)36(47)48)22-26-12-24(14-30(39)16-26)18-32(35(45)46)28-7-9-42-20-28/h12-17,28-29,32-34,42-43H,4-11,18-23,41H2,1-3H3,(H,45,46)(H,47,48)/t28-,29-,32-,33-,34-/m0/s1. The Morgan fingerprint density at radius 1 is 0.820 bits per heavy atom. The first-order valence-corrected chi connectivity index (χ1v) is 17.8. The molecule has 6 N–H and O–H groups in total. The van der Waals surface area contributed by atoms with Crippen molar-refractivity contribution in [1.82, 2.24) is 15.5 Å². The van der Waals surface area contributed by atoms with E-state index in [0.29, 0.717) is 80.7 Å². The predicted molar refractivity (Wildman–Crippen MR) is 186 cm³/mol. The summed E-state index contributed by atoms with van der Waals surface area (Å²) in [7, 11) is 0. The third-order valence-electron chi connectivity index (χ3n) is 9.68. The van der Waals surface area contributed by atoms with Crippen LogP contribution in [0.25, 0.3) is 0 Å². The number of nitrogens with two attached hydrogens (primary N) is 1. The molecule has 0 radical (unpaired) electrons. The number of halogens is 2. The van der Waals surface area contributed by atoms with Gasteiger partial charge in [0, 0.05) is 13.1 Å². The largest absolute Gasteiger partial charge is 0.481 e. The number of hydrogen-bond donors (Lipinski definition) is 5. The highest BCUT2D eigenvalue weighted by Crippen LogP contribution is 2.29. The molecule has 5 atom stereocenters. The van der Waals surface area contributed by atoms with Gasteiger partial charge in [0.25, 0.3) is 0 Å². The first-order valence-electron chi connectivity index (χ1n) is 17.8. The van der Waals surface area contributed by atoms with Gasteiger partial charge in [0.05, 0.1) is 11.8 Å². The zero-order valence-corrected chi connectivity index (χ0v) is 29.6. The van der Waals surface area contributed by atoms with Gasteiger partial charge in [0.1, 0.15) is 23.3 Å². The van der Waals surface area contributed by atoms with Crippen LogP contribution in [0.2, 0.25) is 0 Å². The van der Waals surface area contributed by atoms with Crippen LogP contribution < -0.4 is 16.4 Å². The van der Waals surface area contributed by atoms with Crippen molar-refractivity contribution in [3.63, 3.8) is 0 Å². The fourth-order valence-corrected chi connectivity index (χ4v) is 7.23. The number of hydrogen-bond acceptors (Lipinski definition) is 8. The number of ether oxygens (including phenoxy) is 1. The van der Waals surface area contributed by atoms with Crippen LogP contribution in [0.5, 0.6) is 0 Å². The van der Waals surface area contributed by atoms with Crippen molar-refractivity contribution in [1.29, 1.82) is 0 Å². The van der Waals surface area contributed by atoms with Crippen molar-refractivity contribution in [3.8, 4) is 0 Å². The molecule has 0 bridgehead atoms. The minimum absolute atomic E-state index is 0.0325. The van der Waals surface area contributed by atoms with Crippen molar-refractivity contribution >= 4 is 17.9 Å². The van der Waals surface area contributed by atoms with Crippen LogP contribution in [0.15, 0.2) is 36.4 Å². The number of esters is 1. The molecule has 0 unspecified atom stereocenters. The second kappa shape index (κ2) is 18.2. The highest BCUT2D eigenvalue weighted by molar-refractivity contribution is 5.74. The molecular formula is C38H54F2N4O6. The summed E-state index contributed by atoms with van der Waals surface area (Å²) in [4.78, 5) is 38.7. The predicted octanol–water partition coefficient (Wildman–Crippen LogP) is 4.51. The number of carbonyl (C=O) groups excluding carboxylic acids is 1. The monoisotopic (exact) mass is 700 g/mol. The number of carboxylic acids is 2. The first-order chi connectivity index (χ1) is 23.7. The lowest BCUT2D eigenvalue weighted by Gasteiger charge is -2.27. The summed E-state index contributed by atoms with van der Waals surface area (Å²) < 4.78 is 35.9. The van der Waals surface area contributed by atoms with Gasteiger partial charge in [0.15, 0.2) is 0 Å². The molecule has 2 aliphatic rings. The molecule has 4 rings (SSSR count). The normalized spacial score (nSPS) is 19.7. The van der Waals surface area contributed by atoms with Crippen LogP contribution >= 0.6 is 0 Å². The van der Waals surface area contributed by atoms with Crippen molar-refractivity contribution < 1.29 is 38.1 Å². The number of aliphatic carboxylic acids is 2. The van der Waals surface area contributed by atoms with Crippen LogP contribution in [-0.2, 0) is 45.1 Å². The molecule has 10 nitrogen and oxygen atoms in total. The van der Waals surface area contributed by atoms with Crippen molar-refractivity contribution in [3.05, 3.63) is 70.3 Å². The molecule has 50 heavy (non-hydrogen) atoms. The zero-order valence-electron chi connectivity index (χ0n) is 29.6. The van der Waals surface area contributed by atoms with Gasteiger partial charge in [0.2, 0.25) is 0 Å². The summed E-state index contributed by atoms with van der Waals surface area (Å²) in [6.07, 6.45) is 3.57. The minimum atomic E-state index is -1.06. The summed E-state index contributed by atoms with van der Waals surface area (Å²) in [5.74, 6) is -4.17. The molecule has 2 aromatic carbocycles. The first kappa shape index (κ1) is 39.3. The average Bonchev–Trinajstić information content (AvgIpc) is 3.74. The lowest BCUT2D eigenvalue weighted by molar-refractivity contribution is -0.161. The van der Waals surface area contributed by atoms with E-state index < -0.39 is 47.1 Å². The Labute approximate surface area is 294 Å². The molecule has 0 amide bonds. The number of carboxylic acid groups (broad SMARTS) is 2. The van der Waals surface area contributed by atoms with Crippen molar-refractivity contribution in [2.75, 3.05) is 32.7 Å². The minimum Gasteiger partial charge on any atom is -0.481 e. The van der Waals surface area contributed by atoms with E-state index in [1.54, 1.807) is 0 Å². The van der Waals surface area contributed by atoms with Gasteiger partial charge >= 0.3 is 17.9 Å². The third-order valence-corrected chi connectivity index (χ3v) is 9.68. The van der Waals surface area contributed by atoms with E-state index in [0.717, 1.165) is 25.9 Å². The fraction of sp³-hybridized carbons (Fsp3) is 0.605. The van der Waals surface area contributed by atoms with Gasteiger partial charge in [-0.25, -0.2) is 8.78 Å². The summed E-state index contributed by atoms with van der Waals surface area (Å²) in [6, 6.07) is 8.51. The van der Waals surface area contributed by atoms with E-state index >= 15 is 4.39 Å². The van der Waals surface area contributed by atoms with E-state index in [-0.39, 0.29) is 24.2 Å². The molecular weight excluding hydrogens is 646 g/mol. The van der Waals surface area contributed by atoms with Gasteiger partial charge in [-0.2, -0.15) is 0 Å². The Morgan fingerprint density at radius 2 is 1.32 bits per heavy atom. The Kier molecular flexibility index (Phi) is 14.3. The van der Waals surface area contributed by atoms with E-state index in [9.17, 15) is 29.0 Å². The third kappa shape index (κ3) is 12.4. The molecule has 0 aromatic heterocycles. The number of unbranched alkanes of at least 4 members (excludes halogenated alkanes) is 1. The molecule has 2 saturated heterocycles. The van der Waals surface area contributed by atoms with Gasteiger partial charge in [-0.05, 0) is 150 Å². The van der Waals surface area contributed by atoms with Gasteiger partial charge in [-0.1, -0.05) is 18.6 Å². The average molecular weight is 701 g/mol. The van der Waals surface area contributed by atoms with Crippen LogP contribution in [-0.4, -0.2) is 77.4 Å². The smallest absolute Gasteiger partial charge is 0.320 e. The van der Waals surface area contributed by atoms with Crippen LogP contribution in [0.1, 0.15) is 75.1 Å². The van der Waals surface area contributed by atoms with Crippen molar-refractivity contribution in [2.45, 2.75) is 90.4 Å². The Hall–Kier alpha value is -3.45. The summed E-state index contributed by atoms with van der Waals surface area (Å²) in [5, 5.41) is 25.7. The van der Waals surface area contributed by atoms with Crippen molar-refractivity contribution in [2.24, 2.45) is 29.4 Å². The maximum Gasteiger partial charge on any atom is 0.320 e. The lowest BCUT2D eigenvalue weighted by Crippen LogP contribution is -2.34. The second-order valence-corrected chi connectivity index (χ2v) is 15.1. The summed E-state index contributed by atoms with van der Waals surface area (Å²) >= 11 is 0. The highest BCUT2D eigenvalue weighted by Gasteiger charge is 2.34. The Morgan fingerprint density at radius 3 is 1.78 bits per heavy atom. The maximum atomic E-state index is 15.2. The van der Waals surface area contributed by atoms with Crippen LogP contribution in [0.3, 0.4) is 0 Å². The van der Waals surface area contributed by atoms with E-state index in [2.05, 4.69) is 10.6 Å². The highest BCUT2D eigenvalue weighted by atomic mass is 19.1. The molecule has 12 heteroatoms. The van der Waals surface area contributed by atoms with Crippen LogP contribution in [0, 0.1) is 35.3 Å². The van der Waals surface area contributed by atoms with Gasteiger partial charge < -0.3 is 31.3 Å². The van der Waals surface area contributed by atoms with Gasteiger partial charge in [-0.3, -0.25) is 19.3 Å². The van der Waals surface area contributed by atoms with Crippen LogP contribution in [0.4, 0.5) is 8.78 Å². The topological polar surface area (TPSA) is 154 Å². The number of rotatable bonds is 18. The number of benzene rings is 2. The number of nitrogens with one attached hydrogen (secondary N) is 2. The second-order valence-electron chi connectivity index (χ2n) is 15.1. The Balaban J connectivity index is 1.55. The quantitative estimate of drug-likeness (QED) is 0.111. The Bertz CT molecular complexity index is 1460. The fourth-order valence-electron chi connectivity index (χ4n) is 7.23. The van der Waals surface area contributed by atoms with E-state index in [1.807, 2.05) is 37.8 Å². The lowest BCUT2D eigenvalue weighted by atomic mass is 9.85. The molecule has 2 fully saturated rings. The summed E-state index contributed by atoms with van der Waals surface area (Å²) in [5.41, 5.74) is 7.70. The molecule has 2 aliphatic heterocycles. The van der Waals surface area contributed by atoms with Gasteiger partial charge in [-0.15, -0.1) is 0 Å². The molecule has 2 aromatic rings. The number of carbonyl (C=O) groups is 3. The van der Waals surface area contributed by atoms with E-state index in [4.69, 9.17) is 10.5 Å². The molecule has 276 valence electrons. The maximum absolute atomic E-state index is 15.2. The molecule has 0 saturated carbocycles. The SMILES string of the molecule is CC(C)(C)OC(=O)[C@@H](Cc1cc(F)cc(CN(CCCC[C@H](N)C(=O)O)Cc2cc(F)cc(C[C@H](C(=O)O)[C@H]3CCNC3)c2)c1)[C@H]1CCNC1. The zero-order chi connectivity index (χ0) is 36.4. The molecule has 0 aliphatic carbocycles. The van der Waals surface area contributed by atoms with E-state index in [1.165, 1.54) is 24.3 Å².